The van der Waals surface area contributed by atoms with Crippen LogP contribution in [-0.2, 0) is 9.59 Å². The molecule has 0 atom stereocenters. The lowest BCUT2D eigenvalue weighted by Gasteiger charge is -2.34. The molecule has 0 unspecified atom stereocenters. The van der Waals surface area contributed by atoms with E-state index in [0.29, 0.717) is 38.8 Å². The number of nitrogens with one attached hydrogen (secondary N) is 1. The highest BCUT2D eigenvalue weighted by molar-refractivity contribution is 5.81. The molecule has 3 amide bonds. The molecule has 2 N–H and O–H groups in total. The van der Waals surface area contributed by atoms with Crippen LogP contribution >= 0.6 is 0 Å². The molecule has 7 heteroatoms. The zero-order valence-electron chi connectivity index (χ0n) is 15.4. The predicted octanol–water partition coefficient (Wildman–Crippen LogP) is 1.92. The van der Waals surface area contributed by atoms with Crippen LogP contribution in [0.1, 0.15) is 52.4 Å². The Morgan fingerprint density at radius 2 is 1.52 bits per heavy atom. The van der Waals surface area contributed by atoms with Crippen LogP contribution in [0.25, 0.3) is 0 Å². The Hall–Kier alpha value is -1.79. The van der Waals surface area contributed by atoms with Crippen LogP contribution in [0, 0.1) is 11.3 Å². The molecule has 2 aliphatic heterocycles. The van der Waals surface area contributed by atoms with Crippen LogP contribution in [-0.4, -0.2) is 65.5 Å². The number of hydrogen-bond donors (Lipinski definition) is 2. The average Bonchev–Trinajstić information content (AvgIpc) is 3.16. The summed E-state index contributed by atoms with van der Waals surface area (Å²) in [5, 5.41) is 12.3. The van der Waals surface area contributed by atoms with Crippen molar-refractivity contribution >= 4 is 17.9 Å². The Labute approximate surface area is 149 Å². The summed E-state index contributed by atoms with van der Waals surface area (Å²) in [5.41, 5.74) is -0.887. The van der Waals surface area contributed by atoms with Crippen LogP contribution < -0.4 is 5.32 Å². The van der Waals surface area contributed by atoms with Crippen LogP contribution in [0.5, 0.6) is 0 Å². The molecule has 0 spiro atoms. The first-order valence-electron chi connectivity index (χ1n) is 9.48. The minimum absolute atomic E-state index is 0.0826. The standard InChI is InChI=1S/C18H31N3O4/c1-3-18(4-2,16(23)24)13-19-15(22)14-7-11-21(12-8-14)17(25)20-9-5-6-10-20/h14H,3-13H2,1-2H3,(H,19,22)(H,23,24). The predicted molar refractivity (Wildman–Crippen MR) is 94.2 cm³/mol. The van der Waals surface area contributed by atoms with Crippen molar-refractivity contribution in [3.05, 3.63) is 0 Å². The number of carboxylic acids is 1. The molecule has 0 radical (unpaired) electrons. The fourth-order valence-electron chi connectivity index (χ4n) is 3.72. The normalized spacial score (nSPS) is 19.1. The van der Waals surface area contributed by atoms with Gasteiger partial charge < -0.3 is 20.2 Å². The number of carbonyl (C=O) groups excluding carboxylic acids is 2. The van der Waals surface area contributed by atoms with Gasteiger partial charge in [0.15, 0.2) is 0 Å². The van der Waals surface area contributed by atoms with Crippen LogP contribution in [0.4, 0.5) is 4.79 Å². The number of aliphatic carboxylic acids is 1. The van der Waals surface area contributed by atoms with Gasteiger partial charge in [-0.2, -0.15) is 0 Å². The number of rotatable bonds is 6. The summed E-state index contributed by atoms with van der Waals surface area (Å²) in [6.07, 6.45) is 4.41. The van der Waals surface area contributed by atoms with E-state index in [4.69, 9.17) is 0 Å². The number of likely N-dealkylation sites (tertiary alicyclic amines) is 2. The van der Waals surface area contributed by atoms with Crippen molar-refractivity contribution in [2.24, 2.45) is 11.3 Å². The molecule has 0 saturated carbocycles. The van der Waals surface area contributed by atoms with Crippen molar-refractivity contribution in [2.45, 2.75) is 52.4 Å². The molecule has 0 aromatic rings. The summed E-state index contributed by atoms with van der Waals surface area (Å²) in [5.74, 6) is -1.08. The summed E-state index contributed by atoms with van der Waals surface area (Å²) in [4.78, 5) is 40.0. The maximum atomic E-state index is 12.4. The zero-order chi connectivity index (χ0) is 18.4. The van der Waals surface area contributed by atoms with E-state index in [1.165, 1.54) is 0 Å². The Morgan fingerprint density at radius 3 is 2.00 bits per heavy atom. The number of piperidine rings is 1. The first-order valence-corrected chi connectivity index (χ1v) is 9.48. The van der Waals surface area contributed by atoms with Gasteiger partial charge in [-0.05, 0) is 38.5 Å². The third-order valence-corrected chi connectivity index (χ3v) is 5.92. The van der Waals surface area contributed by atoms with Crippen molar-refractivity contribution < 1.29 is 19.5 Å². The van der Waals surface area contributed by atoms with E-state index in [0.717, 1.165) is 25.9 Å². The molecule has 0 bridgehead atoms. The van der Waals surface area contributed by atoms with E-state index >= 15 is 0 Å². The van der Waals surface area contributed by atoms with Crippen LogP contribution in [0.3, 0.4) is 0 Å². The van der Waals surface area contributed by atoms with Crippen molar-refractivity contribution in [1.29, 1.82) is 0 Å². The number of carbonyl (C=O) groups is 3. The van der Waals surface area contributed by atoms with Gasteiger partial charge in [-0.15, -0.1) is 0 Å². The molecule has 0 aromatic carbocycles. The number of hydrogen-bond acceptors (Lipinski definition) is 3. The second-order valence-electron chi connectivity index (χ2n) is 7.25. The van der Waals surface area contributed by atoms with E-state index in [1.807, 2.05) is 23.6 Å². The molecule has 0 aliphatic carbocycles. The first kappa shape index (κ1) is 19.5. The summed E-state index contributed by atoms with van der Waals surface area (Å²) in [6.45, 7) is 6.72. The van der Waals surface area contributed by atoms with E-state index in [1.54, 1.807) is 0 Å². The molecule has 2 heterocycles. The quantitative estimate of drug-likeness (QED) is 0.763. The summed E-state index contributed by atoms with van der Waals surface area (Å²) in [7, 11) is 0. The summed E-state index contributed by atoms with van der Waals surface area (Å²) < 4.78 is 0. The van der Waals surface area contributed by atoms with E-state index in [2.05, 4.69) is 5.32 Å². The van der Waals surface area contributed by atoms with Crippen molar-refractivity contribution in [1.82, 2.24) is 15.1 Å². The van der Waals surface area contributed by atoms with Crippen LogP contribution in [0.2, 0.25) is 0 Å². The van der Waals surface area contributed by atoms with Gasteiger partial charge in [-0.1, -0.05) is 13.8 Å². The third-order valence-electron chi connectivity index (χ3n) is 5.92. The third kappa shape index (κ3) is 4.44. The van der Waals surface area contributed by atoms with Gasteiger partial charge in [-0.25, -0.2) is 4.79 Å². The number of carboxylic acid groups (broad SMARTS) is 1. The van der Waals surface area contributed by atoms with Gasteiger partial charge in [-0.3, -0.25) is 9.59 Å². The Morgan fingerprint density at radius 1 is 1.00 bits per heavy atom. The second-order valence-corrected chi connectivity index (χ2v) is 7.25. The van der Waals surface area contributed by atoms with Crippen molar-refractivity contribution in [3.8, 4) is 0 Å². The maximum absolute atomic E-state index is 12.4. The molecule has 0 aromatic heterocycles. The van der Waals surface area contributed by atoms with E-state index in [9.17, 15) is 19.5 Å². The van der Waals surface area contributed by atoms with Gasteiger partial charge in [0.05, 0.1) is 5.41 Å². The Kier molecular flexibility index (Phi) is 6.67. The largest absolute Gasteiger partial charge is 0.481 e. The Balaban J connectivity index is 1.80. The highest BCUT2D eigenvalue weighted by Gasteiger charge is 2.36. The zero-order valence-corrected chi connectivity index (χ0v) is 15.4. The van der Waals surface area contributed by atoms with Gasteiger partial charge in [0.2, 0.25) is 5.91 Å². The monoisotopic (exact) mass is 353 g/mol. The second kappa shape index (κ2) is 8.54. The molecule has 2 saturated heterocycles. The lowest BCUT2D eigenvalue weighted by molar-refractivity contribution is -0.149. The molecule has 25 heavy (non-hydrogen) atoms. The summed E-state index contributed by atoms with van der Waals surface area (Å²) >= 11 is 0. The lowest BCUT2D eigenvalue weighted by atomic mass is 9.82. The average molecular weight is 353 g/mol. The number of urea groups is 1. The topological polar surface area (TPSA) is 90.0 Å². The Bertz CT molecular complexity index is 491. The first-order chi connectivity index (χ1) is 11.9. The SMILES string of the molecule is CCC(CC)(CNC(=O)C1CCN(C(=O)N2CCCC2)CC1)C(=O)O. The van der Waals surface area contributed by atoms with Crippen molar-refractivity contribution in [3.63, 3.8) is 0 Å². The lowest BCUT2D eigenvalue weighted by Crippen LogP contribution is -2.49. The molecule has 142 valence electrons. The maximum Gasteiger partial charge on any atom is 0.319 e. The number of amides is 3. The van der Waals surface area contributed by atoms with Gasteiger partial charge >= 0.3 is 12.0 Å². The van der Waals surface area contributed by atoms with Gasteiger partial charge in [0.25, 0.3) is 0 Å². The fraction of sp³-hybridized carbons (Fsp3) is 0.833. The van der Waals surface area contributed by atoms with Crippen LogP contribution in [0.15, 0.2) is 0 Å². The fourth-order valence-corrected chi connectivity index (χ4v) is 3.72. The van der Waals surface area contributed by atoms with Gasteiger partial charge in [0, 0.05) is 38.6 Å². The molecule has 2 rings (SSSR count). The molecule has 7 nitrogen and oxygen atoms in total. The molecular formula is C18H31N3O4. The minimum atomic E-state index is -0.887. The van der Waals surface area contributed by atoms with Crippen molar-refractivity contribution in [2.75, 3.05) is 32.7 Å². The van der Waals surface area contributed by atoms with E-state index in [-0.39, 0.29) is 24.4 Å². The summed E-state index contributed by atoms with van der Waals surface area (Å²) in [6, 6.07) is 0.0956. The number of nitrogens with zero attached hydrogens (tertiary/aromatic N) is 2. The smallest absolute Gasteiger partial charge is 0.319 e. The molecule has 2 aliphatic rings. The highest BCUT2D eigenvalue weighted by atomic mass is 16.4. The molecule has 2 fully saturated rings. The highest BCUT2D eigenvalue weighted by Crippen LogP contribution is 2.26. The van der Waals surface area contributed by atoms with Gasteiger partial charge in [0.1, 0.15) is 0 Å². The minimum Gasteiger partial charge on any atom is -0.481 e. The van der Waals surface area contributed by atoms with E-state index < -0.39 is 11.4 Å². The molecular weight excluding hydrogens is 322 g/mol.